The van der Waals surface area contributed by atoms with Crippen LogP contribution in [0.1, 0.15) is 393 Å². The number of unbranched alkanes of at least 4 members (excludes halogenated alkanes) is 54. The van der Waals surface area contributed by atoms with Crippen LogP contribution < -0.4 is 5.32 Å². The number of hydrogen-bond donors (Lipinski definition) is 12. The Kier molecular flexibility index (Phi) is 64.3. The molecule has 19 nitrogen and oxygen atoms in total. The summed E-state index contributed by atoms with van der Waals surface area (Å²) in [6, 6.07) is -0.974. The maximum absolute atomic E-state index is 13.5. The first-order chi connectivity index (χ1) is 52.8. The molecule has 636 valence electrons. The van der Waals surface area contributed by atoms with E-state index in [9.17, 15) is 61.0 Å². The van der Waals surface area contributed by atoms with Crippen LogP contribution in [0.25, 0.3) is 0 Å². The highest BCUT2D eigenvalue weighted by Crippen LogP contribution is 2.34. The Morgan fingerprint density at radius 2 is 0.611 bits per heavy atom. The molecule has 0 bridgehead atoms. The van der Waals surface area contributed by atoms with Crippen molar-refractivity contribution in [1.82, 2.24) is 5.32 Å². The molecule has 0 aliphatic carbocycles. The van der Waals surface area contributed by atoms with Crippen LogP contribution in [0.15, 0.2) is 36.5 Å². The standard InChI is InChI=1S/C89H167NO18/c1-3-5-7-9-11-13-15-17-19-21-23-25-27-29-31-33-35-36-37-39-41-43-45-47-49-51-53-55-57-59-61-63-65-67-77(95)90-72(73(94)66-64-62-60-58-56-54-52-50-48-46-44-42-40-38-34-32-30-28-26-24-22-20-18-16-14-12-10-8-6-4-2)71-103-87-83(101)80(98)85(75(69-92)105-87)108-89-84(102)81(99)86(76(70-93)106-89)107-88-82(100)79(97)78(96)74(68-91)104-88/h15,17,21,23,64,66,72-76,78-89,91-94,96-102H,3-14,16,18-20,22,24-63,65,67-71H2,1-2H3,(H,90,95)/b17-15-,23-21-,66-64+. The number of allylic oxidation sites excluding steroid dienone is 5. The molecule has 3 fully saturated rings. The number of nitrogens with one attached hydrogen (secondary N) is 1. The average molecular weight is 1540 g/mol. The van der Waals surface area contributed by atoms with E-state index < -0.39 is 124 Å². The van der Waals surface area contributed by atoms with E-state index in [0.717, 1.165) is 51.4 Å². The molecule has 0 aromatic rings. The monoisotopic (exact) mass is 1540 g/mol. The maximum atomic E-state index is 13.5. The fraction of sp³-hybridized carbons (Fsp3) is 0.921. The van der Waals surface area contributed by atoms with Crippen LogP contribution in [-0.2, 0) is 33.2 Å². The van der Waals surface area contributed by atoms with Crippen molar-refractivity contribution >= 4 is 5.91 Å². The van der Waals surface area contributed by atoms with Crippen LogP contribution in [-0.4, -0.2) is 193 Å². The quantitative estimate of drug-likeness (QED) is 0.0199. The Hall–Kier alpha value is -1.99. The van der Waals surface area contributed by atoms with Crippen LogP contribution in [0.3, 0.4) is 0 Å². The van der Waals surface area contributed by atoms with Crippen LogP contribution in [0.4, 0.5) is 0 Å². The minimum Gasteiger partial charge on any atom is -0.394 e. The largest absolute Gasteiger partial charge is 0.394 e. The average Bonchev–Trinajstić information content (AvgIpc) is 0.779. The highest BCUT2D eigenvalue weighted by molar-refractivity contribution is 5.76. The molecule has 17 unspecified atom stereocenters. The van der Waals surface area contributed by atoms with Crippen molar-refractivity contribution in [3.8, 4) is 0 Å². The summed E-state index contributed by atoms with van der Waals surface area (Å²) in [4.78, 5) is 13.5. The first kappa shape index (κ1) is 100. The Labute approximate surface area is 657 Å². The van der Waals surface area contributed by atoms with Crippen LogP contribution in [0.5, 0.6) is 0 Å². The molecule has 108 heavy (non-hydrogen) atoms. The summed E-state index contributed by atoms with van der Waals surface area (Å²) in [5.74, 6) is -0.267. The van der Waals surface area contributed by atoms with Crippen molar-refractivity contribution in [1.29, 1.82) is 0 Å². The van der Waals surface area contributed by atoms with Gasteiger partial charge in [-0.25, -0.2) is 0 Å². The van der Waals surface area contributed by atoms with Crippen molar-refractivity contribution in [2.75, 3.05) is 26.4 Å². The molecule has 0 radical (unpaired) electrons. The molecule has 3 aliphatic heterocycles. The smallest absolute Gasteiger partial charge is 0.220 e. The molecule has 19 heteroatoms. The number of ether oxygens (including phenoxy) is 6. The van der Waals surface area contributed by atoms with Gasteiger partial charge in [-0.2, -0.15) is 0 Å². The second-order valence-corrected chi connectivity index (χ2v) is 32.4. The van der Waals surface area contributed by atoms with E-state index in [1.807, 2.05) is 6.08 Å². The molecule has 3 rings (SSSR count). The van der Waals surface area contributed by atoms with Crippen molar-refractivity contribution in [2.45, 2.75) is 497 Å². The molecule has 3 aliphatic rings. The molecule has 1 amide bonds. The van der Waals surface area contributed by atoms with Gasteiger partial charge in [0.25, 0.3) is 0 Å². The SMILES string of the molecule is CCCCCCC/C=C\C/C=C\CCCCCCCCCCCCCCCCCCCCCCCC(=O)NC(COC1OC(CO)C(OC2OC(CO)C(OC3OC(CO)C(O)C(O)C3O)C(O)C2O)C(O)C1O)C(O)/C=C/CCCCCCCCCCCCCCCCCCCCCCCCCCCCCC. The molecule has 3 saturated heterocycles. The number of aliphatic hydroxyl groups excluding tert-OH is 11. The number of carbonyl (C=O) groups excluding carboxylic acids is 1. The Balaban J connectivity index is 1.33. The zero-order valence-corrected chi connectivity index (χ0v) is 68.6. The van der Waals surface area contributed by atoms with E-state index in [4.69, 9.17) is 28.4 Å². The number of carbonyl (C=O) groups is 1. The third-order valence-corrected chi connectivity index (χ3v) is 22.7. The summed E-state index contributed by atoms with van der Waals surface area (Å²) in [7, 11) is 0. The summed E-state index contributed by atoms with van der Waals surface area (Å²) in [6.45, 7) is 1.80. The van der Waals surface area contributed by atoms with Gasteiger partial charge in [0, 0.05) is 6.42 Å². The predicted octanol–water partition coefficient (Wildman–Crippen LogP) is 17.0. The molecule has 17 atom stereocenters. The van der Waals surface area contributed by atoms with Gasteiger partial charge in [0.15, 0.2) is 18.9 Å². The van der Waals surface area contributed by atoms with Gasteiger partial charge in [0.1, 0.15) is 73.2 Å². The van der Waals surface area contributed by atoms with Gasteiger partial charge in [-0.15, -0.1) is 0 Å². The van der Waals surface area contributed by atoms with E-state index in [0.29, 0.717) is 6.42 Å². The highest BCUT2D eigenvalue weighted by atomic mass is 16.8. The number of hydrogen-bond acceptors (Lipinski definition) is 18. The fourth-order valence-corrected chi connectivity index (χ4v) is 15.5. The summed E-state index contributed by atoms with van der Waals surface area (Å²) in [5, 5.41) is 121. The van der Waals surface area contributed by atoms with Crippen molar-refractivity contribution in [3.05, 3.63) is 36.5 Å². The normalized spacial score (nSPS) is 25.5. The van der Waals surface area contributed by atoms with Crippen LogP contribution in [0, 0.1) is 0 Å². The zero-order chi connectivity index (χ0) is 78.1. The van der Waals surface area contributed by atoms with Crippen LogP contribution >= 0.6 is 0 Å². The third-order valence-electron chi connectivity index (χ3n) is 22.7. The Bertz CT molecular complexity index is 2090. The van der Waals surface area contributed by atoms with E-state index in [1.165, 1.54) is 315 Å². The maximum Gasteiger partial charge on any atom is 0.220 e. The molecule has 0 aromatic carbocycles. The molecular weight excluding hydrogens is 1370 g/mol. The Morgan fingerprint density at radius 3 is 0.944 bits per heavy atom. The molecule has 3 heterocycles. The summed E-state index contributed by atoms with van der Waals surface area (Å²) >= 11 is 0. The lowest BCUT2D eigenvalue weighted by Crippen LogP contribution is -2.66. The van der Waals surface area contributed by atoms with Gasteiger partial charge < -0.3 is 89.9 Å². The fourth-order valence-electron chi connectivity index (χ4n) is 15.5. The summed E-state index contributed by atoms with van der Waals surface area (Å²) in [6.07, 6.45) is 61.5. The Morgan fingerprint density at radius 1 is 0.333 bits per heavy atom. The first-order valence-corrected chi connectivity index (χ1v) is 45.2. The van der Waals surface area contributed by atoms with Crippen molar-refractivity contribution < 1.29 is 89.4 Å². The summed E-state index contributed by atoms with van der Waals surface area (Å²) < 4.78 is 34.5. The second-order valence-electron chi connectivity index (χ2n) is 32.4. The van der Waals surface area contributed by atoms with E-state index >= 15 is 0 Å². The lowest BCUT2D eigenvalue weighted by Gasteiger charge is -2.48. The second kappa shape index (κ2) is 69.3. The van der Waals surface area contributed by atoms with Gasteiger partial charge in [0.05, 0.1) is 38.6 Å². The van der Waals surface area contributed by atoms with E-state index in [-0.39, 0.29) is 18.9 Å². The topological polar surface area (TPSA) is 307 Å². The molecular formula is C89H167NO18. The minimum atomic E-state index is -1.98. The molecule has 0 saturated carbocycles. The van der Waals surface area contributed by atoms with Crippen molar-refractivity contribution in [2.24, 2.45) is 0 Å². The van der Waals surface area contributed by atoms with Crippen molar-refractivity contribution in [3.63, 3.8) is 0 Å². The number of aliphatic hydroxyl groups is 11. The zero-order valence-electron chi connectivity index (χ0n) is 68.6. The highest BCUT2D eigenvalue weighted by Gasteiger charge is 2.54. The van der Waals surface area contributed by atoms with E-state index in [2.05, 4.69) is 43.5 Å². The van der Waals surface area contributed by atoms with Gasteiger partial charge in [-0.05, 0) is 51.4 Å². The van der Waals surface area contributed by atoms with Gasteiger partial charge in [-0.3, -0.25) is 4.79 Å². The third kappa shape index (κ3) is 47.8. The first-order valence-electron chi connectivity index (χ1n) is 45.2. The summed E-state index contributed by atoms with van der Waals surface area (Å²) in [5.41, 5.74) is 0. The molecule has 12 N–H and O–H groups in total. The van der Waals surface area contributed by atoms with Crippen LogP contribution in [0.2, 0.25) is 0 Å². The minimum absolute atomic E-state index is 0.248. The number of rotatable bonds is 74. The van der Waals surface area contributed by atoms with E-state index in [1.54, 1.807) is 6.08 Å². The lowest BCUT2D eigenvalue weighted by molar-refractivity contribution is -0.379. The van der Waals surface area contributed by atoms with Gasteiger partial charge in [0.2, 0.25) is 5.91 Å². The molecule has 0 spiro atoms. The van der Waals surface area contributed by atoms with Gasteiger partial charge >= 0.3 is 0 Å². The van der Waals surface area contributed by atoms with Gasteiger partial charge in [-0.1, -0.05) is 371 Å². The predicted molar refractivity (Wildman–Crippen MR) is 434 cm³/mol. The number of amides is 1. The molecule has 0 aromatic heterocycles. The lowest BCUT2D eigenvalue weighted by atomic mass is 9.96.